The number of likely N-dealkylation sites (tertiary alicyclic amines) is 1. The molecule has 1 aliphatic heterocycles. The van der Waals surface area contributed by atoms with Crippen molar-refractivity contribution in [3.63, 3.8) is 0 Å². The molecule has 0 radical (unpaired) electrons. The Hall–Kier alpha value is -0.0800. The van der Waals surface area contributed by atoms with Gasteiger partial charge in [0.2, 0.25) is 0 Å². The summed E-state index contributed by atoms with van der Waals surface area (Å²) in [6, 6.07) is 1.50. The molecule has 0 aromatic rings. The lowest BCUT2D eigenvalue weighted by molar-refractivity contribution is 0.0874. The van der Waals surface area contributed by atoms with Gasteiger partial charge in [0, 0.05) is 12.1 Å². The Bertz CT molecular complexity index is 166. The average Bonchev–Trinajstić information content (AvgIpc) is 2.18. The monoisotopic (exact) mass is 212 g/mol. The Morgan fingerprint density at radius 1 is 1.27 bits per heavy atom. The van der Waals surface area contributed by atoms with Gasteiger partial charge in [-0.15, -0.1) is 0 Å². The third kappa shape index (κ3) is 4.12. The van der Waals surface area contributed by atoms with Gasteiger partial charge in [-0.3, -0.25) is 4.90 Å². The van der Waals surface area contributed by atoms with Gasteiger partial charge in [-0.2, -0.15) is 0 Å². The lowest BCUT2D eigenvalue weighted by Crippen LogP contribution is -2.46. The Balaban J connectivity index is 2.46. The van der Waals surface area contributed by atoms with E-state index in [9.17, 15) is 0 Å². The zero-order valence-electron chi connectivity index (χ0n) is 10.7. The van der Waals surface area contributed by atoms with Gasteiger partial charge in [-0.05, 0) is 51.6 Å². The second-order valence-corrected chi connectivity index (χ2v) is 5.44. The lowest BCUT2D eigenvalue weighted by Gasteiger charge is -2.40. The van der Waals surface area contributed by atoms with Crippen LogP contribution in [0.2, 0.25) is 0 Å². The number of rotatable bonds is 5. The second kappa shape index (κ2) is 6.49. The number of nitrogens with two attached hydrogens (primary N) is 1. The Morgan fingerprint density at radius 2 is 2.00 bits per heavy atom. The predicted octanol–water partition coefficient (Wildman–Crippen LogP) is 2.62. The summed E-state index contributed by atoms with van der Waals surface area (Å²) in [4.78, 5) is 2.70. The van der Waals surface area contributed by atoms with E-state index in [-0.39, 0.29) is 0 Å². The van der Waals surface area contributed by atoms with E-state index in [1.165, 1.54) is 38.6 Å². The van der Waals surface area contributed by atoms with Crippen LogP contribution in [0.4, 0.5) is 0 Å². The summed E-state index contributed by atoms with van der Waals surface area (Å²) in [7, 11) is 0. The van der Waals surface area contributed by atoms with Crippen molar-refractivity contribution in [2.75, 3.05) is 13.1 Å². The fourth-order valence-electron chi connectivity index (χ4n) is 2.92. The van der Waals surface area contributed by atoms with Crippen LogP contribution >= 0.6 is 0 Å². The summed E-state index contributed by atoms with van der Waals surface area (Å²) in [5, 5.41) is 0. The molecule has 1 fully saturated rings. The van der Waals surface area contributed by atoms with E-state index in [0.29, 0.717) is 0 Å². The first-order valence-electron chi connectivity index (χ1n) is 6.61. The summed E-state index contributed by atoms with van der Waals surface area (Å²) in [5.41, 5.74) is 5.70. The molecule has 1 rings (SSSR count). The third-order valence-electron chi connectivity index (χ3n) is 3.55. The first-order valence-corrected chi connectivity index (χ1v) is 6.61. The highest BCUT2D eigenvalue weighted by Crippen LogP contribution is 2.24. The van der Waals surface area contributed by atoms with E-state index in [1.54, 1.807) is 0 Å². The zero-order chi connectivity index (χ0) is 11.3. The van der Waals surface area contributed by atoms with Gasteiger partial charge in [0.25, 0.3) is 0 Å². The molecule has 1 aliphatic rings. The Morgan fingerprint density at radius 3 is 2.60 bits per heavy atom. The van der Waals surface area contributed by atoms with Crippen molar-refractivity contribution in [1.29, 1.82) is 0 Å². The first kappa shape index (κ1) is 13.0. The minimum Gasteiger partial charge on any atom is -0.330 e. The fraction of sp³-hybridized carbons (Fsp3) is 1.00. The number of nitrogens with zero attached hydrogens (tertiary/aromatic N) is 1. The van der Waals surface area contributed by atoms with Crippen molar-refractivity contribution in [2.24, 2.45) is 11.7 Å². The van der Waals surface area contributed by atoms with Gasteiger partial charge in [0.05, 0.1) is 0 Å². The molecule has 2 heteroatoms. The van der Waals surface area contributed by atoms with Crippen LogP contribution in [0.5, 0.6) is 0 Å². The van der Waals surface area contributed by atoms with Crippen LogP contribution in [-0.2, 0) is 0 Å². The molecule has 90 valence electrons. The molecule has 0 spiro atoms. The molecule has 1 heterocycles. The first-order chi connectivity index (χ1) is 7.15. The van der Waals surface area contributed by atoms with Gasteiger partial charge in [-0.25, -0.2) is 0 Å². The standard InChI is InChI=1S/C13H28N2/c1-11(2)10-12(3)15-9-5-4-6-13(15)7-8-14/h11-13H,4-10,14H2,1-3H3. The lowest BCUT2D eigenvalue weighted by atomic mass is 9.94. The molecule has 0 aromatic heterocycles. The summed E-state index contributed by atoms with van der Waals surface area (Å²) in [6.07, 6.45) is 6.64. The summed E-state index contributed by atoms with van der Waals surface area (Å²) < 4.78 is 0. The van der Waals surface area contributed by atoms with Crippen LogP contribution in [0.15, 0.2) is 0 Å². The maximum Gasteiger partial charge on any atom is 0.0110 e. The molecule has 2 atom stereocenters. The van der Waals surface area contributed by atoms with Crippen molar-refractivity contribution in [1.82, 2.24) is 4.90 Å². The molecule has 2 unspecified atom stereocenters. The van der Waals surface area contributed by atoms with Gasteiger partial charge in [-0.1, -0.05) is 20.3 Å². The zero-order valence-corrected chi connectivity index (χ0v) is 10.7. The molecule has 2 nitrogen and oxygen atoms in total. The Labute approximate surface area is 95.2 Å². The van der Waals surface area contributed by atoms with E-state index in [4.69, 9.17) is 5.73 Å². The molecule has 0 saturated carbocycles. The molecular formula is C13H28N2. The smallest absolute Gasteiger partial charge is 0.0110 e. The molecule has 2 N–H and O–H groups in total. The van der Waals surface area contributed by atoms with Crippen molar-refractivity contribution in [3.8, 4) is 0 Å². The fourth-order valence-corrected chi connectivity index (χ4v) is 2.92. The average molecular weight is 212 g/mol. The van der Waals surface area contributed by atoms with Crippen molar-refractivity contribution < 1.29 is 0 Å². The highest BCUT2D eigenvalue weighted by atomic mass is 15.2. The minimum atomic E-state index is 0.738. The van der Waals surface area contributed by atoms with Crippen LogP contribution in [0.1, 0.15) is 52.9 Å². The molecule has 0 bridgehead atoms. The van der Waals surface area contributed by atoms with Gasteiger partial charge in [0.15, 0.2) is 0 Å². The SMILES string of the molecule is CC(C)CC(C)N1CCCCC1CCN. The van der Waals surface area contributed by atoms with E-state index < -0.39 is 0 Å². The molecule has 15 heavy (non-hydrogen) atoms. The van der Waals surface area contributed by atoms with Crippen molar-refractivity contribution in [3.05, 3.63) is 0 Å². The van der Waals surface area contributed by atoms with Gasteiger partial charge in [0.1, 0.15) is 0 Å². The molecule has 0 amide bonds. The summed E-state index contributed by atoms with van der Waals surface area (Å²) >= 11 is 0. The largest absolute Gasteiger partial charge is 0.330 e. The molecular weight excluding hydrogens is 184 g/mol. The van der Waals surface area contributed by atoms with E-state index in [0.717, 1.165) is 24.5 Å². The van der Waals surface area contributed by atoms with Crippen LogP contribution in [-0.4, -0.2) is 30.1 Å². The molecule has 0 aliphatic carbocycles. The Kier molecular flexibility index (Phi) is 5.62. The van der Waals surface area contributed by atoms with Crippen LogP contribution in [0.3, 0.4) is 0 Å². The molecule has 0 aromatic carbocycles. The summed E-state index contributed by atoms with van der Waals surface area (Å²) in [5.74, 6) is 0.806. The highest BCUT2D eigenvalue weighted by molar-refractivity contribution is 4.81. The normalized spacial score (nSPS) is 25.8. The number of hydrogen-bond acceptors (Lipinski definition) is 2. The highest BCUT2D eigenvalue weighted by Gasteiger charge is 2.25. The minimum absolute atomic E-state index is 0.738. The molecule has 1 saturated heterocycles. The number of hydrogen-bond donors (Lipinski definition) is 1. The van der Waals surface area contributed by atoms with Gasteiger partial charge >= 0.3 is 0 Å². The van der Waals surface area contributed by atoms with Crippen LogP contribution in [0.25, 0.3) is 0 Å². The maximum absolute atomic E-state index is 5.70. The predicted molar refractivity (Wildman–Crippen MR) is 66.9 cm³/mol. The van der Waals surface area contributed by atoms with Crippen molar-refractivity contribution >= 4 is 0 Å². The van der Waals surface area contributed by atoms with Crippen molar-refractivity contribution in [2.45, 2.75) is 65.0 Å². The summed E-state index contributed by atoms with van der Waals surface area (Å²) in [6.45, 7) is 9.15. The quantitative estimate of drug-likeness (QED) is 0.759. The topological polar surface area (TPSA) is 29.3 Å². The number of piperidine rings is 1. The maximum atomic E-state index is 5.70. The van der Waals surface area contributed by atoms with Gasteiger partial charge < -0.3 is 5.73 Å². The van der Waals surface area contributed by atoms with E-state index in [1.807, 2.05) is 0 Å². The third-order valence-corrected chi connectivity index (χ3v) is 3.55. The second-order valence-electron chi connectivity index (χ2n) is 5.44. The van der Waals surface area contributed by atoms with Crippen LogP contribution < -0.4 is 5.73 Å². The van der Waals surface area contributed by atoms with Crippen LogP contribution in [0, 0.1) is 5.92 Å². The van der Waals surface area contributed by atoms with E-state index in [2.05, 4.69) is 25.7 Å². The van der Waals surface area contributed by atoms with E-state index >= 15 is 0 Å².